The fourth-order valence-corrected chi connectivity index (χ4v) is 2.80. The van der Waals surface area contributed by atoms with Crippen LogP contribution in [0.2, 0.25) is 0 Å². The van der Waals surface area contributed by atoms with Crippen molar-refractivity contribution < 1.29 is 9.26 Å². The molecule has 0 bridgehead atoms. The van der Waals surface area contributed by atoms with E-state index in [-0.39, 0.29) is 6.10 Å². The molecular formula is C15H23N5O2. The fourth-order valence-electron chi connectivity index (χ4n) is 2.80. The summed E-state index contributed by atoms with van der Waals surface area (Å²) in [5.41, 5.74) is 3.51. The molecule has 1 unspecified atom stereocenters. The van der Waals surface area contributed by atoms with Crippen molar-refractivity contribution >= 4 is 0 Å². The molecule has 0 spiro atoms. The van der Waals surface area contributed by atoms with Gasteiger partial charge >= 0.3 is 0 Å². The number of nitrogens with zero attached hydrogens (tertiary/aromatic N) is 4. The van der Waals surface area contributed by atoms with Crippen LogP contribution in [-0.4, -0.2) is 45.4 Å². The van der Waals surface area contributed by atoms with E-state index in [2.05, 4.69) is 39.2 Å². The van der Waals surface area contributed by atoms with Gasteiger partial charge in [-0.25, -0.2) is 0 Å². The first-order chi connectivity index (χ1) is 10.6. The molecule has 1 saturated heterocycles. The third-order valence-electron chi connectivity index (χ3n) is 4.12. The molecular weight excluding hydrogens is 282 g/mol. The highest BCUT2D eigenvalue weighted by molar-refractivity contribution is 5.23. The van der Waals surface area contributed by atoms with E-state index in [0.29, 0.717) is 18.3 Å². The maximum absolute atomic E-state index is 5.56. The molecule has 1 atom stereocenters. The number of rotatable bonds is 6. The van der Waals surface area contributed by atoms with Crippen LogP contribution in [0.4, 0.5) is 0 Å². The summed E-state index contributed by atoms with van der Waals surface area (Å²) in [6, 6.07) is 0. The molecule has 1 aliphatic heterocycles. The molecule has 120 valence electrons. The predicted octanol–water partition coefficient (Wildman–Crippen LogP) is 1.94. The van der Waals surface area contributed by atoms with Crippen LogP contribution >= 0.6 is 0 Å². The van der Waals surface area contributed by atoms with E-state index in [9.17, 15) is 0 Å². The average molecular weight is 305 g/mol. The Morgan fingerprint density at radius 2 is 2.23 bits per heavy atom. The molecule has 1 N–H and O–H groups in total. The second kappa shape index (κ2) is 6.58. The normalized spacial score (nSPS) is 18.5. The summed E-state index contributed by atoms with van der Waals surface area (Å²) >= 11 is 0. The summed E-state index contributed by atoms with van der Waals surface area (Å²) < 4.78 is 10.9. The van der Waals surface area contributed by atoms with E-state index in [4.69, 9.17) is 9.26 Å². The lowest BCUT2D eigenvalue weighted by atomic mass is 10.1. The lowest BCUT2D eigenvalue weighted by Crippen LogP contribution is -2.21. The lowest BCUT2D eigenvalue weighted by molar-refractivity contribution is 0.0835. The van der Waals surface area contributed by atoms with Crippen molar-refractivity contribution in [2.75, 3.05) is 20.2 Å². The first kappa shape index (κ1) is 15.2. The molecule has 0 aliphatic carbocycles. The number of hydrogen-bond donors (Lipinski definition) is 1. The number of aryl methyl sites for hydroxylation is 2. The first-order valence-corrected chi connectivity index (χ1v) is 7.76. The molecule has 2 aromatic rings. The van der Waals surface area contributed by atoms with Crippen LogP contribution in [0.15, 0.2) is 4.52 Å². The SMILES string of the molecule is Cc1n[nH]c(C)c1CCN(C)Cc1noc(C2CCCO2)n1. The van der Waals surface area contributed by atoms with Crippen LogP contribution in [0.1, 0.15) is 47.6 Å². The zero-order valence-corrected chi connectivity index (χ0v) is 13.4. The Hall–Kier alpha value is -1.73. The number of aromatic amines is 1. The summed E-state index contributed by atoms with van der Waals surface area (Å²) in [7, 11) is 2.06. The molecule has 7 heteroatoms. The molecule has 3 rings (SSSR count). The van der Waals surface area contributed by atoms with E-state index in [1.54, 1.807) is 0 Å². The standard InChI is InChI=1S/C15H23N5O2/c1-10-12(11(2)18-17-10)6-7-20(3)9-14-16-15(22-19-14)13-5-4-8-21-13/h13H,4-9H2,1-3H3,(H,17,18). The van der Waals surface area contributed by atoms with E-state index in [0.717, 1.165) is 43.8 Å². The van der Waals surface area contributed by atoms with E-state index in [1.807, 2.05) is 6.92 Å². The first-order valence-electron chi connectivity index (χ1n) is 7.76. The van der Waals surface area contributed by atoms with E-state index < -0.39 is 0 Å². The maximum Gasteiger partial charge on any atom is 0.255 e. The topological polar surface area (TPSA) is 80.1 Å². The average Bonchev–Trinajstić information content (AvgIpc) is 3.20. The largest absolute Gasteiger partial charge is 0.368 e. The van der Waals surface area contributed by atoms with Gasteiger partial charge in [0.15, 0.2) is 5.82 Å². The van der Waals surface area contributed by atoms with Gasteiger partial charge < -0.3 is 9.26 Å². The molecule has 2 aromatic heterocycles. The van der Waals surface area contributed by atoms with Crippen LogP contribution in [0, 0.1) is 13.8 Å². The number of nitrogens with one attached hydrogen (secondary N) is 1. The van der Waals surface area contributed by atoms with Crippen LogP contribution < -0.4 is 0 Å². The highest BCUT2D eigenvalue weighted by atomic mass is 16.5. The van der Waals surface area contributed by atoms with Crippen molar-refractivity contribution in [2.45, 2.75) is 45.8 Å². The van der Waals surface area contributed by atoms with Gasteiger partial charge in [0.25, 0.3) is 5.89 Å². The number of aromatic nitrogens is 4. The van der Waals surface area contributed by atoms with Gasteiger partial charge in [-0.2, -0.15) is 10.1 Å². The van der Waals surface area contributed by atoms with Crippen molar-refractivity contribution in [2.24, 2.45) is 0 Å². The van der Waals surface area contributed by atoms with Gasteiger partial charge in [-0.3, -0.25) is 10.00 Å². The lowest BCUT2D eigenvalue weighted by Gasteiger charge is -2.14. The van der Waals surface area contributed by atoms with Crippen molar-refractivity contribution in [1.29, 1.82) is 0 Å². The van der Waals surface area contributed by atoms with Gasteiger partial charge in [0.2, 0.25) is 0 Å². The van der Waals surface area contributed by atoms with Gasteiger partial charge in [-0.05, 0) is 45.7 Å². The molecule has 0 radical (unpaired) electrons. The van der Waals surface area contributed by atoms with Gasteiger partial charge in [0.1, 0.15) is 6.10 Å². The second-order valence-electron chi connectivity index (χ2n) is 5.95. The third kappa shape index (κ3) is 3.36. The Labute approximate surface area is 130 Å². The van der Waals surface area contributed by atoms with Crippen LogP contribution in [0.3, 0.4) is 0 Å². The molecule has 7 nitrogen and oxygen atoms in total. The van der Waals surface area contributed by atoms with Crippen molar-refractivity contribution in [1.82, 2.24) is 25.2 Å². The molecule has 0 saturated carbocycles. The van der Waals surface area contributed by atoms with Crippen molar-refractivity contribution in [3.63, 3.8) is 0 Å². The Kier molecular flexibility index (Phi) is 4.54. The summed E-state index contributed by atoms with van der Waals surface area (Å²) in [5.74, 6) is 1.33. The van der Waals surface area contributed by atoms with Crippen molar-refractivity contribution in [3.8, 4) is 0 Å². The molecule has 0 amide bonds. The summed E-state index contributed by atoms with van der Waals surface area (Å²) in [5, 5.41) is 11.3. The Balaban J connectivity index is 1.52. The van der Waals surface area contributed by atoms with E-state index >= 15 is 0 Å². The Bertz CT molecular complexity index is 596. The molecule has 1 fully saturated rings. The van der Waals surface area contributed by atoms with Gasteiger partial charge in [-0.1, -0.05) is 5.16 Å². The minimum Gasteiger partial charge on any atom is -0.368 e. The summed E-state index contributed by atoms with van der Waals surface area (Å²) in [4.78, 5) is 6.64. The highest BCUT2D eigenvalue weighted by Crippen LogP contribution is 2.26. The molecule has 0 aromatic carbocycles. The fraction of sp³-hybridized carbons (Fsp3) is 0.667. The zero-order chi connectivity index (χ0) is 15.5. The zero-order valence-electron chi connectivity index (χ0n) is 13.4. The minimum absolute atomic E-state index is 0.0113. The number of ether oxygens (including phenoxy) is 1. The van der Waals surface area contributed by atoms with Crippen LogP contribution in [-0.2, 0) is 17.7 Å². The Morgan fingerprint density at radius 1 is 1.36 bits per heavy atom. The maximum atomic E-state index is 5.56. The van der Waals surface area contributed by atoms with E-state index in [1.165, 1.54) is 5.56 Å². The monoisotopic (exact) mass is 305 g/mol. The van der Waals surface area contributed by atoms with Gasteiger partial charge in [-0.15, -0.1) is 0 Å². The van der Waals surface area contributed by atoms with Crippen LogP contribution in [0.25, 0.3) is 0 Å². The quantitative estimate of drug-likeness (QED) is 0.878. The molecule has 3 heterocycles. The number of H-pyrrole nitrogens is 1. The third-order valence-corrected chi connectivity index (χ3v) is 4.12. The second-order valence-corrected chi connectivity index (χ2v) is 5.95. The van der Waals surface area contributed by atoms with Crippen LogP contribution in [0.5, 0.6) is 0 Å². The number of likely N-dealkylation sites (N-methyl/N-ethyl adjacent to an activating group) is 1. The number of hydrogen-bond acceptors (Lipinski definition) is 6. The predicted molar refractivity (Wildman–Crippen MR) is 80.3 cm³/mol. The summed E-state index contributed by atoms with van der Waals surface area (Å²) in [6.07, 6.45) is 2.98. The highest BCUT2D eigenvalue weighted by Gasteiger charge is 2.24. The smallest absolute Gasteiger partial charge is 0.255 e. The van der Waals surface area contributed by atoms with Gasteiger partial charge in [0, 0.05) is 18.8 Å². The molecule has 22 heavy (non-hydrogen) atoms. The summed E-state index contributed by atoms with van der Waals surface area (Å²) in [6.45, 7) is 6.47. The van der Waals surface area contributed by atoms with Gasteiger partial charge in [0.05, 0.1) is 12.2 Å². The van der Waals surface area contributed by atoms with Crippen molar-refractivity contribution in [3.05, 3.63) is 28.7 Å². The molecule has 1 aliphatic rings. The Morgan fingerprint density at radius 3 is 2.91 bits per heavy atom. The minimum atomic E-state index is -0.0113.